The predicted molar refractivity (Wildman–Crippen MR) is 117 cm³/mol. The Morgan fingerprint density at radius 3 is 2.48 bits per heavy atom. The fraction of sp³-hybridized carbons (Fsp3) is 0.167. The molecule has 0 N–H and O–H groups in total. The van der Waals surface area contributed by atoms with E-state index in [1.807, 2.05) is 67.6 Å². The van der Waals surface area contributed by atoms with Crippen LogP contribution in [-0.2, 0) is 6.54 Å². The van der Waals surface area contributed by atoms with Crippen LogP contribution in [0, 0.1) is 20.8 Å². The molecule has 1 amide bonds. The lowest BCUT2D eigenvalue weighted by Crippen LogP contribution is -2.31. The average Bonchev–Trinajstić information content (AvgIpc) is 3.38. The van der Waals surface area contributed by atoms with Crippen molar-refractivity contribution >= 4 is 22.9 Å². The number of aryl methyl sites for hydroxylation is 3. The van der Waals surface area contributed by atoms with Crippen LogP contribution in [0.1, 0.15) is 32.4 Å². The largest absolute Gasteiger partial charge is 0.467 e. The van der Waals surface area contributed by atoms with Crippen LogP contribution in [0.2, 0.25) is 0 Å². The molecule has 0 aliphatic rings. The summed E-state index contributed by atoms with van der Waals surface area (Å²) in [4.78, 5) is 20.9. The van der Waals surface area contributed by atoms with E-state index >= 15 is 0 Å². The fourth-order valence-corrected chi connectivity index (χ4v) is 4.13. The van der Waals surface area contributed by atoms with E-state index in [-0.39, 0.29) is 5.91 Å². The van der Waals surface area contributed by atoms with Crippen LogP contribution in [0.5, 0.6) is 0 Å². The summed E-state index contributed by atoms with van der Waals surface area (Å²) in [7, 11) is 0. The van der Waals surface area contributed by atoms with Gasteiger partial charge in [0.05, 0.1) is 22.7 Å². The van der Waals surface area contributed by atoms with Crippen molar-refractivity contribution in [2.75, 3.05) is 4.90 Å². The minimum absolute atomic E-state index is 0.132. The zero-order valence-corrected chi connectivity index (χ0v) is 17.5. The molecule has 0 bridgehead atoms. The molecule has 0 atom stereocenters. The highest BCUT2D eigenvalue weighted by Crippen LogP contribution is 2.32. The molecule has 0 unspecified atom stereocenters. The van der Waals surface area contributed by atoms with Crippen molar-refractivity contribution in [3.63, 3.8) is 0 Å². The van der Waals surface area contributed by atoms with Crippen molar-refractivity contribution in [1.29, 1.82) is 0 Å². The molecule has 2 heterocycles. The lowest BCUT2D eigenvalue weighted by Gasteiger charge is -2.22. The van der Waals surface area contributed by atoms with E-state index < -0.39 is 0 Å². The summed E-state index contributed by atoms with van der Waals surface area (Å²) in [5, 5.41) is 0.866. The molecule has 5 heteroatoms. The number of rotatable bonds is 5. The zero-order chi connectivity index (χ0) is 20.4. The van der Waals surface area contributed by atoms with Gasteiger partial charge >= 0.3 is 0 Å². The molecule has 4 aromatic rings. The molecule has 0 fully saturated rings. The van der Waals surface area contributed by atoms with E-state index in [9.17, 15) is 4.79 Å². The van der Waals surface area contributed by atoms with E-state index in [1.54, 1.807) is 11.2 Å². The highest BCUT2D eigenvalue weighted by molar-refractivity contribution is 7.15. The van der Waals surface area contributed by atoms with Gasteiger partial charge < -0.3 is 4.42 Å². The average molecular weight is 403 g/mol. The summed E-state index contributed by atoms with van der Waals surface area (Å²) in [5.41, 5.74) is 4.63. The van der Waals surface area contributed by atoms with Crippen LogP contribution in [0.4, 0.5) is 5.69 Å². The Labute approximate surface area is 174 Å². The van der Waals surface area contributed by atoms with Crippen LogP contribution in [0.25, 0.3) is 10.4 Å². The van der Waals surface area contributed by atoms with Crippen molar-refractivity contribution in [3.05, 3.63) is 94.5 Å². The van der Waals surface area contributed by atoms with Gasteiger partial charge in [0.25, 0.3) is 5.91 Å². The first-order valence-corrected chi connectivity index (χ1v) is 10.3. The van der Waals surface area contributed by atoms with Gasteiger partial charge in [0.2, 0.25) is 0 Å². The Kier molecular flexibility index (Phi) is 5.32. The molecule has 0 saturated heterocycles. The minimum atomic E-state index is -0.132. The van der Waals surface area contributed by atoms with Gasteiger partial charge in [0.1, 0.15) is 11.5 Å². The van der Waals surface area contributed by atoms with Crippen molar-refractivity contribution < 1.29 is 9.21 Å². The maximum Gasteiger partial charge on any atom is 0.278 e. The van der Waals surface area contributed by atoms with Crippen molar-refractivity contribution in [2.45, 2.75) is 27.3 Å². The molecule has 4 nitrogen and oxygen atoms in total. The quantitative estimate of drug-likeness (QED) is 0.401. The van der Waals surface area contributed by atoms with Gasteiger partial charge in [-0.1, -0.05) is 36.4 Å². The summed E-state index contributed by atoms with van der Waals surface area (Å²) in [5.74, 6) is 0.595. The number of aromatic nitrogens is 1. The Morgan fingerprint density at radius 2 is 1.79 bits per heavy atom. The highest BCUT2D eigenvalue weighted by atomic mass is 32.1. The first kappa shape index (κ1) is 19.2. The Balaban J connectivity index is 1.79. The van der Waals surface area contributed by atoms with Gasteiger partial charge in [-0.15, -0.1) is 11.3 Å². The third-order valence-corrected chi connectivity index (χ3v) is 5.93. The van der Waals surface area contributed by atoms with Crippen LogP contribution < -0.4 is 4.90 Å². The van der Waals surface area contributed by atoms with E-state index in [1.165, 1.54) is 16.9 Å². The summed E-state index contributed by atoms with van der Waals surface area (Å²) < 4.78 is 5.53. The first-order chi connectivity index (χ1) is 14.0. The van der Waals surface area contributed by atoms with Crippen LogP contribution in [0.15, 0.2) is 71.3 Å². The lowest BCUT2D eigenvalue weighted by molar-refractivity contribution is 0.0979. The molecule has 0 aliphatic heterocycles. The van der Waals surface area contributed by atoms with Crippen LogP contribution >= 0.6 is 11.3 Å². The Bertz CT molecular complexity index is 1130. The van der Waals surface area contributed by atoms with Crippen LogP contribution in [0.3, 0.4) is 0 Å². The van der Waals surface area contributed by atoms with E-state index in [0.29, 0.717) is 12.2 Å². The standard InChI is InChI=1S/C24H22N2O2S/c1-16-11-12-20(14-17(16)2)26(15-21-10-7-13-28-21)24(27)22-23(29-18(3)25-22)19-8-5-4-6-9-19/h4-14H,15H2,1-3H3. The smallest absolute Gasteiger partial charge is 0.278 e. The number of hydrogen-bond donors (Lipinski definition) is 0. The number of hydrogen-bond acceptors (Lipinski definition) is 4. The molecular formula is C24H22N2O2S. The molecule has 0 spiro atoms. The molecule has 29 heavy (non-hydrogen) atoms. The molecule has 2 aromatic heterocycles. The number of carbonyl (C=O) groups is 1. The van der Waals surface area contributed by atoms with Crippen molar-refractivity contribution in [3.8, 4) is 10.4 Å². The highest BCUT2D eigenvalue weighted by Gasteiger charge is 2.26. The number of carbonyl (C=O) groups excluding carboxylic acids is 1. The normalized spacial score (nSPS) is 10.9. The molecule has 0 radical (unpaired) electrons. The fourth-order valence-electron chi connectivity index (χ4n) is 3.22. The van der Waals surface area contributed by atoms with E-state index in [2.05, 4.69) is 18.8 Å². The number of nitrogens with zero attached hydrogens (tertiary/aromatic N) is 2. The third-order valence-electron chi connectivity index (χ3n) is 4.91. The minimum Gasteiger partial charge on any atom is -0.467 e. The summed E-state index contributed by atoms with van der Waals surface area (Å²) in [6.07, 6.45) is 1.63. The predicted octanol–water partition coefficient (Wildman–Crippen LogP) is 6.18. The summed E-state index contributed by atoms with van der Waals surface area (Å²) in [6.45, 7) is 6.39. The molecule has 146 valence electrons. The van der Waals surface area contributed by atoms with Gasteiger partial charge in [-0.05, 0) is 61.7 Å². The van der Waals surface area contributed by atoms with Crippen LogP contribution in [-0.4, -0.2) is 10.9 Å². The number of thiazole rings is 1. The maximum atomic E-state index is 13.7. The molecule has 4 rings (SSSR count). The summed E-state index contributed by atoms with van der Waals surface area (Å²) >= 11 is 1.54. The molecular weight excluding hydrogens is 380 g/mol. The Hall–Kier alpha value is -3.18. The Morgan fingerprint density at radius 1 is 1.00 bits per heavy atom. The second-order valence-corrected chi connectivity index (χ2v) is 8.22. The van der Waals surface area contributed by atoms with Gasteiger partial charge in [-0.2, -0.15) is 0 Å². The number of amides is 1. The van der Waals surface area contributed by atoms with E-state index in [4.69, 9.17) is 4.42 Å². The number of anilines is 1. The van der Waals surface area contributed by atoms with Gasteiger partial charge in [-0.3, -0.25) is 9.69 Å². The molecule has 0 aliphatic carbocycles. The van der Waals surface area contributed by atoms with Gasteiger partial charge in [-0.25, -0.2) is 4.98 Å². The summed E-state index contributed by atoms with van der Waals surface area (Å²) in [6, 6.07) is 19.7. The second-order valence-electron chi connectivity index (χ2n) is 7.02. The van der Waals surface area contributed by atoms with Gasteiger partial charge in [0, 0.05) is 5.69 Å². The lowest BCUT2D eigenvalue weighted by atomic mass is 10.1. The maximum absolute atomic E-state index is 13.7. The first-order valence-electron chi connectivity index (χ1n) is 9.47. The van der Waals surface area contributed by atoms with Crippen molar-refractivity contribution in [2.24, 2.45) is 0 Å². The number of furan rings is 1. The monoisotopic (exact) mass is 402 g/mol. The topological polar surface area (TPSA) is 46.3 Å². The number of benzene rings is 2. The molecule has 2 aromatic carbocycles. The van der Waals surface area contributed by atoms with Crippen molar-refractivity contribution in [1.82, 2.24) is 4.98 Å². The second kappa shape index (κ2) is 8.05. The zero-order valence-electron chi connectivity index (χ0n) is 16.7. The SMILES string of the molecule is Cc1nc(C(=O)N(Cc2ccco2)c2ccc(C)c(C)c2)c(-c2ccccc2)s1. The third kappa shape index (κ3) is 4.00. The van der Waals surface area contributed by atoms with Gasteiger partial charge in [0.15, 0.2) is 0 Å². The van der Waals surface area contributed by atoms with E-state index in [0.717, 1.165) is 32.5 Å². The molecule has 0 saturated carbocycles.